The van der Waals surface area contributed by atoms with Crippen molar-refractivity contribution in [3.63, 3.8) is 0 Å². The molecule has 28 heavy (non-hydrogen) atoms. The molecule has 6 heteroatoms. The molecular weight excluding hydrogens is 358 g/mol. The standard InChI is InChI=1S/C22H17NO5/c1-23-11-15(14-5-3-4-6-16(14)23)18-21(26)19(24)17(20(25)22(18)27)12-7-9-13(28-2)10-8-12/h3-11,17-18H,1-2H3. The van der Waals surface area contributed by atoms with Crippen molar-refractivity contribution >= 4 is 34.0 Å². The minimum atomic E-state index is -1.39. The fourth-order valence-corrected chi connectivity index (χ4v) is 3.79. The molecule has 4 rings (SSSR count). The Morgan fingerprint density at radius 2 is 1.36 bits per heavy atom. The number of Topliss-reactive ketones (excluding diaryl/α,β-unsaturated/α-hetero) is 4. The Labute approximate surface area is 160 Å². The predicted octanol–water partition coefficient (Wildman–Crippen LogP) is 2.34. The van der Waals surface area contributed by atoms with Crippen molar-refractivity contribution in [3.8, 4) is 5.75 Å². The summed E-state index contributed by atoms with van der Waals surface area (Å²) in [6.07, 6.45) is 1.64. The lowest BCUT2D eigenvalue weighted by atomic mass is 9.72. The van der Waals surface area contributed by atoms with Crippen LogP contribution in [0.25, 0.3) is 10.9 Å². The minimum Gasteiger partial charge on any atom is -0.497 e. The van der Waals surface area contributed by atoms with Crippen molar-refractivity contribution in [2.75, 3.05) is 7.11 Å². The second-order valence-electron chi connectivity index (χ2n) is 6.81. The van der Waals surface area contributed by atoms with E-state index in [9.17, 15) is 19.2 Å². The van der Waals surface area contributed by atoms with Crippen LogP contribution in [0.1, 0.15) is 23.0 Å². The van der Waals surface area contributed by atoms with E-state index in [4.69, 9.17) is 4.74 Å². The van der Waals surface area contributed by atoms with Crippen molar-refractivity contribution in [1.29, 1.82) is 0 Å². The van der Waals surface area contributed by atoms with Crippen LogP contribution in [0.3, 0.4) is 0 Å². The van der Waals surface area contributed by atoms with Gasteiger partial charge in [0, 0.05) is 24.1 Å². The van der Waals surface area contributed by atoms with E-state index in [0.717, 1.165) is 5.52 Å². The van der Waals surface area contributed by atoms with Crippen molar-refractivity contribution in [2.45, 2.75) is 11.8 Å². The Morgan fingerprint density at radius 3 is 1.96 bits per heavy atom. The molecule has 0 radical (unpaired) electrons. The van der Waals surface area contributed by atoms with Gasteiger partial charge in [-0.15, -0.1) is 0 Å². The van der Waals surface area contributed by atoms with E-state index >= 15 is 0 Å². The molecule has 3 aromatic rings. The number of rotatable bonds is 3. The van der Waals surface area contributed by atoms with Crippen LogP contribution >= 0.6 is 0 Å². The summed E-state index contributed by atoms with van der Waals surface area (Å²) in [5.74, 6) is -5.63. The summed E-state index contributed by atoms with van der Waals surface area (Å²) < 4.78 is 6.84. The average molecular weight is 375 g/mol. The van der Waals surface area contributed by atoms with E-state index < -0.39 is 35.0 Å². The van der Waals surface area contributed by atoms with Crippen LogP contribution < -0.4 is 4.74 Å². The molecule has 1 heterocycles. The van der Waals surface area contributed by atoms with Gasteiger partial charge in [-0.3, -0.25) is 19.2 Å². The molecule has 0 saturated heterocycles. The van der Waals surface area contributed by atoms with E-state index in [1.54, 1.807) is 42.1 Å². The quantitative estimate of drug-likeness (QED) is 0.518. The van der Waals surface area contributed by atoms with E-state index in [-0.39, 0.29) is 0 Å². The van der Waals surface area contributed by atoms with Gasteiger partial charge in [0.05, 0.1) is 7.11 Å². The largest absolute Gasteiger partial charge is 0.497 e. The van der Waals surface area contributed by atoms with Gasteiger partial charge in [0.2, 0.25) is 23.1 Å². The topological polar surface area (TPSA) is 82.4 Å². The Kier molecular flexibility index (Phi) is 4.19. The number of aryl methyl sites for hydroxylation is 1. The SMILES string of the molecule is COc1ccc(C2C(=O)C(=O)C(c3cn(C)c4ccccc34)C(=O)C2=O)cc1. The van der Waals surface area contributed by atoms with Gasteiger partial charge in [-0.05, 0) is 29.3 Å². The first-order valence-corrected chi connectivity index (χ1v) is 8.78. The maximum Gasteiger partial charge on any atom is 0.214 e. The first-order valence-electron chi connectivity index (χ1n) is 8.78. The van der Waals surface area contributed by atoms with Gasteiger partial charge in [-0.25, -0.2) is 0 Å². The third kappa shape index (κ3) is 2.57. The summed E-state index contributed by atoms with van der Waals surface area (Å²) in [6, 6.07) is 13.5. The zero-order chi connectivity index (χ0) is 20.0. The third-order valence-corrected chi connectivity index (χ3v) is 5.22. The molecule has 0 N–H and O–H groups in total. The van der Waals surface area contributed by atoms with Crippen LogP contribution in [0.15, 0.2) is 54.7 Å². The van der Waals surface area contributed by atoms with Gasteiger partial charge in [-0.1, -0.05) is 30.3 Å². The fourth-order valence-electron chi connectivity index (χ4n) is 3.79. The molecule has 6 nitrogen and oxygen atoms in total. The number of ether oxygens (including phenoxy) is 1. The molecule has 2 aromatic carbocycles. The lowest BCUT2D eigenvalue weighted by Crippen LogP contribution is -2.46. The molecule has 1 aliphatic carbocycles. The Bertz CT molecular complexity index is 1110. The second-order valence-corrected chi connectivity index (χ2v) is 6.81. The lowest BCUT2D eigenvalue weighted by molar-refractivity contribution is -0.151. The van der Waals surface area contributed by atoms with Crippen molar-refractivity contribution in [1.82, 2.24) is 4.57 Å². The number of carbonyl (C=O) groups excluding carboxylic acids is 4. The highest BCUT2D eigenvalue weighted by molar-refractivity contribution is 6.63. The molecule has 0 bridgehead atoms. The number of hydrogen-bond donors (Lipinski definition) is 0. The van der Waals surface area contributed by atoms with Gasteiger partial charge in [-0.2, -0.15) is 0 Å². The number of nitrogens with zero attached hydrogens (tertiary/aromatic N) is 1. The smallest absolute Gasteiger partial charge is 0.214 e. The third-order valence-electron chi connectivity index (χ3n) is 5.22. The van der Waals surface area contributed by atoms with Gasteiger partial charge in [0.1, 0.15) is 17.6 Å². The summed E-state index contributed by atoms with van der Waals surface area (Å²) in [4.78, 5) is 51.4. The zero-order valence-corrected chi connectivity index (χ0v) is 15.3. The van der Waals surface area contributed by atoms with E-state index in [0.29, 0.717) is 22.3 Å². The highest BCUT2D eigenvalue weighted by Gasteiger charge is 2.50. The monoisotopic (exact) mass is 375 g/mol. The first-order chi connectivity index (χ1) is 13.4. The molecular formula is C22H17NO5. The molecule has 1 fully saturated rings. The van der Waals surface area contributed by atoms with Crippen LogP contribution in [0.5, 0.6) is 5.75 Å². The number of carbonyl (C=O) groups is 4. The summed E-state index contributed by atoms with van der Waals surface area (Å²) in [5.41, 5.74) is 1.52. The number of hydrogen-bond acceptors (Lipinski definition) is 5. The number of benzene rings is 2. The van der Waals surface area contributed by atoms with E-state index in [2.05, 4.69) is 0 Å². The Morgan fingerprint density at radius 1 is 0.786 bits per heavy atom. The van der Waals surface area contributed by atoms with Crippen LogP contribution in [-0.2, 0) is 26.2 Å². The van der Waals surface area contributed by atoms with Crippen molar-refractivity contribution < 1.29 is 23.9 Å². The summed E-state index contributed by atoms with van der Waals surface area (Å²) in [6.45, 7) is 0. The highest BCUT2D eigenvalue weighted by atomic mass is 16.5. The van der Waals surface area contributed by atoms with Gasteiger partial charge in [0.15, 0.2) is 0 Å². The molecule has 0 amide bonds. The minimum absolute atomic E-state index is 0.314. The maximum atomic E-state index is 12.9. The number of fused-ring (bicyclic) bond motifs is 1. The maximum absolute atomic E-state index is 12.9. The number of aromatic nitrogens is 1. The van der Waals surface area contributed by atoms with Crippen LogP contribution in [0.4, 0.5) is 0 Å². The summed E-state index contributed by atoms with van der Waals surface area (Å²) in [7, 11) is 3.28. The molecule has 0 unspecified atom stereocenters. The molecule has 1 aliphatic rings. The number of methoxy groups -OCH3 is 1. The van der Waals surface area contributed by atoms with Crippen LogP contribution in [0.2, 0.25) is 0 Å². The number of para-hydroxylation sites is 1. The molecule has 1 aromatic heterocycles. The molecule has 0 aliphatic heterocycles. The lowest BCUT2D eigenvalue weighted by Gasteiger charge is -2.24. The van der Waals surface area contributed by atoms with E-state index in [1.165, 1.54) is 19.2 Å². The van der Waals surface area contributed by atoms with Crippen molar-refractivity contribution in [3.05, 3.63) is 65.9 Å². The average Bonchev–Trinajstić information content (AvgIpc) is 3.04. The summed E-state index contributed by atoms with van der Waals surface area (Å²) in [5, 5.41) is 0.681. The first kappa shape index (κ1) is 17.9. The number of ketones is 4. The zero-order valence-electron chi connectivity index (χ0n) is 15.3. The normalized spacial score (nSPS) is 20.1. The molecule has 1 saturated carbocycles. The fraction of sp³-hybridized carbons (Fsp3) is 0.182. The second kappa shape index (κ2) is 6.56. The molecule has 140 valence electrons. The van der Waals surface area contributed by atoms with Crippen molar-refractivity contribution in [2.24, 2.45) is 7.05 Å². The summed E-state index contributed by atoms with van der Waals surface area (Å²) >= 11 is 0. The van der Waals surface area contributed by atoms with Crippen LogP contribution in [-0.4, -0.2) is 34.8 Å². The van der Waals surface area contributed by atoms with E-state index in [1.807, 2.05) is 12.1 Å². The predicted molar refractivity (Wildman–Crippen MR) is 101 cm³/mol. The van der Waals surface area contributed by atoms with Crippen LogP contribution in [0, 0.1) is 0 Å². The van der Waals surface area contributed by atoms with Gasteiger partial charge >= 0.3 is 0 Å². The molecule has 0 spiro atoms. The Hall–Kier alpha value is -3.54. The Balaban J connectivity index is 1.77. The molecule has 0 atom stereocenters. The van der Waals surface area contributed by atoms with Gasteiger partial charge < -0.3 is 9.30 Å². The highest BCUT2D eigenvalue weighted by Crippen LogP contribution is 2.36. The van der Waals surface area contributed by atoms with Gasteiger partial charge in [0.25, 0.3) is 0 Å².